The molecule has 2 aliphatic heterocycles. The van der Waals surface area contributed by atoms with Gasteiger partial charge in [-0.1, -0.05) is 30.3 Å². The Balaban J connectivity index is 1.49. The lowest BCUT2D eigenvalue weighted by molar-refractivity contribution is -0.130. The van der Waals surface area contributed by atoms with Crippen LogP contribution in [0.25, 0.3) is 0 Å². The average Bonchev–Trinajstić information content (AvgIpc) is 3.19. The summed E-state index contributed by atoms with van der Waals surface area (Å²) in [6.45, 7) is 2.28. The van der Waals surface area contributed by atoms with Crippen LogP contribution in [0.5, 0.6) is 0 Å². The van der Waals surface area contributed by atoms with Crippen molar-refractivity contribution in [3.8, 4) is 0 Å². The predicted octanol–water partition coefficient (Wildman–Crippen LogP) is 2.57. The van der Waals surface area contributed by atoms with Crippen molar-refractivity contribution in [2.24, 2.45) is 0 Å². The lowest BCUT2D eigenvalue weighted by Gasteiger charge is -2.36. The molecule has 146 valence electrons. The summed E-state index contributed by atoms with van der Waals surface area (Å²) in [4.78, 5) is 31.2. The molecule has 6 heteroatoms. The Hall–Kier alpha value is -2.73. The first-order valence-corrected chi connectivity index (χ1v) is 9.86. The Labute approximate surface area is 164 Å². The third-order valence-corrected chi connectivity index (χ3v) is 5.72. The van der Waals surface area contributed by atoms with Gasteiger partial charge in [-0.05, 0) is 42.5 Å². The summed E-state index contributed by atoms with van der Waals surface area (Å²) in [6, 6.07) is 13.7. The molecular formula is C22H25N3O3. The van der Waals surface area contributed by atoms with E-state index >= 15 is 0 Å². The summed E-state index contributed by atoms with van der Waals surface area (Å²) < 4.78 is 5.52. The molecule has 2 aliphatic rings. The number of ether oxygens (including phenoxy) is 1. The van der Waals surface area contributed by atoms with Gasteiger partial charge in [0, 0.05) is 38.9 Å². The summed E-state index contributed by atoms with van der Waals surface area (Å²) in [5, 5.41) is 3.11. The van der Waals surface area contributed by atoms with E-state index in [1.54, 1.807) is 11.1 Å². The van der Waals surface area contributed by atoms with Crippen molar-refractivity contribution in [1.29, 1.82) is 0 Å². The minimum atomic E-state index is -0.555. The van der Waals surface area contributed by atoms with Crippen LogP contribution in [-0.2, 0) is 26.3 Å². The number of hydrogen-bond acceptors (Lipinski definition) is 4. The van der Waals surface area contributed by atoms with Crippen molar-refractivity contribution in [2.45, 2.75) is 37.6 Å². The van der Waals surface area contributed by atoms with Gasteiger partial charge in [-0.2, -0.15) is 0 Å². The molecule has 2 amide bonds. The van der Waals surface area contributed by atoms with Crippen LogP contribution in [0, 0.1) is 0 Å². The fourth-order valence-electron chi connectivity index (χ4n) is 4.08. The molecular weight excluding hydrogens is 354 g/mol. The molecule has 1 N–H and O–H groups in total. The third kappa shape index (κ3) is 3.64. The minimum Gasteiger partial charge on any atom is -0.381 e. The molecule has 4 rings (SSSR count). The van der Waals surface area contributed by atoms with E-state index in [-0.39, 0.29) is 11.8 Å². The van der Waals surface area contributed by atoms with Gasteiger partial charge in [0.05, 0.1) is 5.41 Å². The second-order valence-corrected chi connectivity index (χ2v) is 7.41. The number of carbonyl (C=O) groups is 2. The average molecular weight is 379 g/mol. The van der Waals surface area contributed by atoms with Crippen LogP contribution in [-0.4, -0.2) is 36.6 Å². The SMILES string of the molecule is O=C1CCCN1c1cc(CNC(=O)C2(c3ccccc3)CCOCC2)ccn1. The molecule has 0 atom stereocenters. The molecule has 3 heterocycles. The molecule has 6 nitrogen and oxygen atoms in total. The molecule has 2 aromatic rings. The highest BCUT2D eigenvalue weighted by Gasteiger charge is 2.41. The Bertz CT molecular complexity index is 847. The molecule has 0 spiro atoms. The number of nitrogens with zero attached hydrogens (tertiary/aromatic N) is 2. The van der Waals surface area contributed by atoms with Gasteiger partial charge in [0.25, 0.3) is 0 Å². The van der Waals surface area contributed by atoms with Crippen molar-refractivity contribution in [3.63, 3.8) is 0 Å². The van der Waals surface area contributed by atoms with Gasteiger partial charge in [0.1, 0.15) is 5.82 Å². The fraction of sp³-hybridized carbons (Fsp3) is 0.409. The number of amides is 2. The number of hydrogen-bond donors (Lipinski definition) is 1. The zero-order chi connectivity index (χ0) is 19.4. The zero-order valence-corrected chi connectivity index (χ0v) is 15.9. The van der Waals surface area contributed by atoms with E-state index in [1.165, 1.54) is 0 Å². The molecule has 0 unspecified atom stereocenters. The van der Waals surface area contributed by atoms with Gasteiger partial charge in [-0.25, -0.2) is 4.98 Å². The first kappa shape index (κ1) is 18.6. The van der Waals surface area contributed by atoms with Crippen LogP contribution in [0.3, 0.4) is 0 Å². The molecule has 0 radical (unpaired) electrons. The smallest absolute Gasteiger partial charge is 0.231 e. The van der Waals surface area contributed by atoms with Crippen molar-refractivity contribution < 1.29 is 14.3 Å². The highest BCUT2D eigenvalue weighted by Crippen LogP contribution is 2.35. The highest BCUT2D eigenvalue weighted by molar-refractivity contribution is 5.94. The van der Waals surface area contributed by atoms with Gasteiger partial charge >= 0.3 is 0 Å². The van der Waals surface area contributed by atoms with Gasteiger partial charge in [0.15, 0.2) is 0 Å². The molecule has 28 heavy (non-hydrogen) atoms. The van der Waals surface area contributed by atoms with E-state index in [4.69, 9.17) is 4.74 Å². The van der Waals surface area contributed by atoms with Crippen molar-refractivity contribution in [2.75, 3.05) is 24.7 Å². The molecule has 1 aromatic carbocycles. The van der Waals surface area contributed by atoms with Gasteiger partial charge in [-0.3, -0.25) is 14.5 Å². The highest BCUT2D eigenvalue weighted by atomic mass is 16.5. The quantitative estimate of drug-likeness (QED) is 0.867. The second kappa shape index (κ2) is 8.10. The number of nitrogens with one attached hydrogen (secondary N) is 1. The number of aromatic nitrogens is 1. The topological polar surface area (TPSA) is 71.5 Å². The zero-order valence-electron chi connectivity index (χ0n) is 15.9. The summed E-state index contributed by atoms with van der Waals surface area (Å²) in [5.74, 6) is 0.801. The van der Waals surface area contributed by atoms with E-state index in [9.17, 15) is 9.59 Å². The first-order valence-electron chi connectivity index (χ1n) is 9.86. The number of pyridine rings is 1. The first-order chi connectivity index (χ1) is 13.7. The van der Waals surface area contributed by atoms with Crippen molar-refractivity contribution in [1.82, 2.24) is 10.3 Å². The predicted molar refractivity (Wildman–Crippen MR) is 106 cm³/mol. The molecule has 1 aromatic heterocycles. The number of carbonyl (C=O) groups excluding carboxylic acids is 2. The van der Waals surface area contributed by atoms with Crippen molar-refractivity contribution in [3.05, 3.63) is 59.8 Å². The van der Waals surface area contributed by atoms with E-state index in [1.807, 2.05) is 42.5 Å². The van der Waals surface area contributed by atoms with Crippen molar-refractivity contribution >= 4 is 17.6 Å². The summed E-state index contributed by atoms with van der Waals surface area (Å²) in [7, 11) is 0. The Morgan fingerprint density at radius 3 is 2.68 bits per heavy atom. The molecule has 0 aliphatic carbocycles. The molecule has 2 fully saturated rings. The second-order valence-electron chi connectivity index (χ2n) is 7.41. The van der Waals surface area contributed by atoms with Crippen LogP contribution in [0.15, 0.2) is 48.7 Å². The maximum Gasteiger partial charge on any atom is 0.231 e. The maximum atomic E-state index is 13.2. The van der Waals surface area contributed by atoms with Crippen LogP contribution in [0.4, 0.5) is 5.82 Å². The van der Waals surface area contributed by atoms with Gasteiger partial charge < -0.3 is 10.1 Å². The van der Waals surface area contributed by atoms with E-state index < -0.39 is 5.41 Å². The Kier molecular flexibility index (Phi) is 5.39. The van der Waals surface area contributed by atoms with Gasteiger partial charge in [-0.15, -0.1) is 0 Å². The van der Waals surface area contributed by atoms with E-state index in [2.05, 4.69) is 10.3 Å². The van der Waals surface area contributed by atoms with Crippen LogP contribution in [0.1, 0.15) is 36.8 Å². The number of anilines is 1. The fourth-order valence-corrected chi connectivity index (χ4v) is 4.08. The standard InChI is InChI=1S/C22H25N3O3/c26-20-7-4-12-25(20)19-15-17(8-11-23-19)16-24-21(27)22(9-13-28-14-10-22)18-5-2-1-3-6-18/h1-3,5-6,8,11,15H,4,7,9-10,12-14,16H2,(H,24,27). The summed E-state index contributed by atoms with van der Waals surface area (Å²) >= 11 is 0. The lowest BCUT2D eigenvalue weighted by atomic mass is 9.73. The largest absolute Gasteiger partial charge is 0.381 e. The Morgan fingerprint density at radius 2 is 1.96 bits per heavy atom. The van der Waals surface area contributed by atoms with E-state index in [0.717, 1.165) is 17.5 Å². The molecule has 2 saturated heterocycles. The molecule has 0 bridgehead atoms. The van der Waals surface area contributed by atoms with Crippen LogP contribution in [0.2, 0.25) is 0 Å². The van der Waals surface area contributed by atoms with E-state index in [0.29, 0.717) is 51.4 Å². The maximum absolute atomic E-state index is 13.2. The third-order valence-electron chi connectivity index (χ3n) is 5.72. The number of benzene rings is 1. The molecule has 0 saturated carbocycles. The van der Waals surface area contributed by atoms with Crippen LogP contribution < -0.4 is 10.2 Å². The normalized spacial score (nSPS) is 18.9. The lowest BCUT2D eigenvalue weighted by Crippen LogP contribution is -2.47. The monoisotopic (exact) mass is 379 g/mol. The Morgan fingerprint density at radius 1 is 1.18 bits per heavy atom. The van der Waals surface area contributed by atoms with Crippen LogP contribution >= 0.6 is 0 Å². The van der Waals surface area contributed by atoms with Gasteiger partial charge in [0.2, 0.25) is 11.8 Å². The summed E-state index contributed by atoms with van der Waals surface area (Å²) in [6.07, 6.45) is 4.48. The minimum absolute atomic E-state index is 0.0256. The summed E-state index contributed by atoms with van der Waals surface area (Å²) in [5.41, 5.74) is 1.42. The number of rotatable bonds is 5.